The molecule has 4 rings (SSSR count). The van der Waals surface area contributed by atoms with Gasteiger partial charge in [0.25, 0.3) is 0 Å². The summed E-state index contributed by atoms with van der Waals surface area (Å²) in [5, 5.41) is 12.7. The molecule has 1 heterocycles. The van der Waals surface area contributed by atoms with Crippen LogP contribution in [0.15, 0.2) is 78.1 Å². The van der Waals surface area contributed by atoms with Gasteiger partial charge in [-0.1, -0.05) is 67.1 Å². The lowest BCUT2D eigenvalue weighted by molar-refractivity contribution is -0.137. The highest BCUT2D eigenvalue weighted by atomic mass is 16.5. The highest BCUT2D eigenvalue weighted by molar-refractivity contribution is 5.68. The molecular formula is C31H36N2O3. The van der Waals surface area contributed by atoms with Gasteiger partial charge < -0.3 is 20.1 Å². The average molecular weight is 485 g/mol. The number of hydrogen-bond donors (Lipinski definition) is 2. The Labute approximate surface area is 214 Å². The number of ether oxygens (including phenoxy) is 1. The second kappa shape index (κ2) is 10.9. The Morgan fingerprint density at radius 3 is 2.44 bits per heavy atom. The Morgan fingerprint density at radius 2 is 1.78 bits per heavy atom. The second-order valence-corrected chi connectivity index (χ2v) is 9.84. The van der Waals surface area contributed by atoms with Gasteiger partial charge >= 0.3 is 5.97 Å². The van der Waals surface area contributed by atoms with Gasteiger partial charge in [-0.3, -0.25) is 4.79 Å². The Kier molecular flexibility index (Phi) is 7.68. The summed E-state index contributed by atoms with van der Waals surface area (Å²) in [4.78, 5) is 13.3. The number of nitrogens with zero attached hydrogens (tertiary/aromatic N) is 1. The zero-order valence-electron chi connectivity index (χ0n) is 21.8. The van der Waals surface area contributed by atoms with E-state index in [2.05, 4.69) is 79.6 Å². The number of hydrogen-bond acceptors (Lipinski definition) is 4. The SMILES string of the molecule is CC1=C(CCOc2ccc(C(C)CC(=O)O)c(C)c2)N(C)C(c2ccc(-c3cccc(C)c3)cc2)N1. The number of carboxylic acid groups (broad SMARTS) is 1. The largest absolute Gasteiger partial charge is 0.493 e. The van der Waals surface area contributed by atoms with Crippen molar-refractivity contribution in [3.63, 3.8) is 0 Å². The molecule has 0 spiro atoms. The minimum atomic E-state index is -0.777. The summed E-state index contributed by atoms with van der Waals surface area (Å²) < 4.78 is 6.07. The lowest BCUT2D eigenvalue weighted by Gasteiger charge is -2.25. The van der Waals surface area contributed by atoms with Crippen LogP contribution in [-0.2, 0) is 4.79 Å². The molecule has 3 aromatic carbocycles. The minimum absolute atomic E-state index is 0.0228. The Balaban J connectivity index is 1.35. The highest BCUT2D eigenvalue weighted by Gasteiger charge is 2.27. The van der Waals surface area contributed by atoms with E-state index in [1.54, 1.807) is 0 Å². The molecule has 1 aliphatic rings. The maximum atomic E-state index is 11.0. The fourth-order valence-corrected chi connectivity index (χ4v) is 5.09. The summed E-state index contributed by atoms with van der Waals surface area (Å²) in [5.41, 5.74) is 9.48. The van der Waals surface area contributed by atoms with E-state index in [0.717, 1.165) is 23.3 Å². The maximum absolute atomic E-state index is 11.0. The number of rotatable bonds is 9. The van der Waals surface area contributed by atoms with Crippen LogP contribution >= 0.6 is 0 Å². The zero-order chi connectivity index (χ0) is 25.8. The first kappa shape index (κ1) is 25.4. The molecule has 0 aliphatic carbocycles. The van der Waals surface area contributed by atoms with Crippen molar-refractivity contribution in [1.29, 1.82) is 0 Å². The molecule has 0 saturated heterocycles. The van der Waals surface area contributed by atoms with Gasteiger partial charge in [-0.15, -0.1) is 0 Å². The van der Waals surface area contributed by atoms with Crippen molar-refractivity contribution in [2.24, 2.45) is 0 Å². The quantitative estimate of drug-likeness (QED) is 0.350. The summed E-state index contributed by atoms with van der Waals surface area (Å²) in [6.45, 7) is 8.77. The minimum Gasteiger partial charge on any atom is -0.493 e. The van der Waals surface area contributed by atoms with Gasteiger partial charge in [0.2, 0.25) is 0 Å². The predicted octanol–water partition coefficient (Wildman–Crippen LogP) is 6.78. The fourth-order valence-electron chi connectivity index (χ4n) is 5.09. The van der Waals surface area contributed by atoms with Crippen LogP contribution < -0.4 is 10.1 Å². The second-order valence-electron chi connectivity index (χ2n) is 9.84. The topological polar surface area (TPSA) is 61.8 Å². The van der Waals surface area contributed by atoms with Crippen molar-refractivity contribution in [3.8, 4) is 16.9 Å². The van der Waals surface area contributed by atoms with Crippen molar-refractivity contribution in [2.45, 2.75) is 52.6 Å². The Morgan fingerprint density at radius 1 is 1.03 bits per heavy atom. The van der Waals surface area contributed by atoms with Gasteiger partial charge in [-0.2, -0.15) is 0 Å². The monoisotopic (exact) mass is 484 g/mol. The number of carbonyl (C=O) groups is 1. The summed E-state index contributed by atoms with van der Waals surface area (Å²) in [6, 6.07) is 23.3. The van der Waals surface area contributed by atoms with Crippen LogP contribution in [0.5, 0.6) is 5.75 Å². The number of aryl methyl sites for hydroxylation is 2. The van der Waals surface area contributed by atoms with Crippen molar-refractivity contribution in [3.05, 3.63) is 100 Å². The van der Waals surface area contributed by atoms with Crippen LogP contribution in [0, 0.1) is 13.8 Å². The molecular weight excluding hydrogens is 448 g/mol. The number of allylic oxidation sites excluding steroid dienone is 1. The first-order valence-electron chi connectivity index (χ1n) is 12.5. The van der Waals surface area contributed by atoms with Crippen LogP contribution in [0.25, 0.3) is 11.1 Å². The normalized spacial score (nSPS) is 16.1. The summed E-state index contributed by atoms with van der Waals surface area (Å²) in [7, 11) is 2.13. The van der Waals surface area contributed by atoms with Gasteiger partial charge in [0.15, 0.2) is 0 Å². The van der Waals surface area contributed by atoms with Crippen LogP contribution in [0.4, 0.5) is 0 Å². The van der Waals surface area contributed by atoms with E-state index < -0.39 is 5.97 Å². The van der Waals surface area contributed by atoms with Crippen molar-refractivity contribution in [2.75, 3.05) is 13.7 Å². The third kappa shape index (κ3) is 5.73. The molecule has 0 radical (unpaired) electrons. The molecule has 0 bridgehead atoms. The highest BCUT2D eigenvalue weighted by Crippen LogP contribution is 2.32. The fraction of sp³-hybridized carbons (Fsp3) is 0.323. The third-order valence-corrected chi connectivity index (χ3v) is 7.04. The summed E-state index contributed by atoms with van der Waals surface area (Å²) in [5.74, 6) is 0.0139. The van der Waals surface area contributed by atoms with E-state index >= 15 is 0 Å². The van der Waals surface area contributed by atoms with Gasteiger partial charge in [-0.25, -0.2) is 0 Å². The van der Waals surface area contributed by atoms with E-state index in [1.165, 1.54) is 33.6 Å². The van der Waals surface area contributed by atoms with Crippen molar-refractivity contribution in [1.82, 2.24) is 10.2 Å². The standard InChI is InChI=1S/C31H36N2O3/c1-20-7-6-8-26(17-20)24-9-11-25(12-10-24)31-32-23(4)29(33(31)5)15-16-36-27-13-14-28(21(2)18-27)22(3)19-30(34)35/h6-14,17-18,22,31-32H,15-16,19H2,1-5H3,(H,34,35). The van der Waals surface area contributed by atoms with Gasteiger partial charge in [0.1, 0.15) is 11.9 Å². The van der Waals surface area contributed by atoms with E-state index in [-0.39, 0.29) is 18.5 Å². The van der Waals surface area contributed by atoms with Crippen LogP contribution in [-0.4, -0.2) is 29.6 Å². The zero-order valence-corrected chi connectivity index (χ0v) is 21.8. The number of aliphatic carboxylic acids is 1. The van der Waals surface area contributed by atoms with Crippen LogP contribution in [0.3, 0.4) is 0 Å². The van der Waals surface area contributed by atoms with E-state index in [0.29, 0.717) is 6.61 Å². The Hall–Kier alpha value is -3.73. The molecule has 36 heavy (non-hydrogen) atoms. The Bertz CT molecular complexity index is 1260. The van der Waals surface area contributed by atoms with E-state index in [9.17, 15) is 4.79 Å². The smallest absolute Gasteiger partial charge is 0.303 e. The predicted molar refractivity (Wildman–Crippen MR) is 145 cm³/mol. The molecule has 188 valence electrons. The molecule has 2 atom stereocenters. The molecule has 1 aliphatic heterocycles. The molecule has 0 fully saturated rings. The van der Waals surface area contributed by atoms with E-state index in [1.807, 2.05) is 32.0 Å². The number of benzene rings is 3. The number of nitrogens with one attached hydrogen (secondary N) is 1. The maximum Gasteiger partial charge on any atom is 0.303 e. The molecule has 5 heteroatoms. The molecule has 5 nitrogen and oxygen atoms in total. The lowest BCUT2D eigenvalue weighted by Crippen LogP contribution is -2.26. The molecule has 2 N–H and O–H groups in total. The molecule has 2 unspecified atom stereocenters. The van der Waals surface area contributed by atoms with Gasteiger partial charge in [0, 0.05) is 24.9 Å². The summed E-state index contributed by atoms with van der Waals surface area (Å²) >= 11 is 0. The lowest BCUT2D eigenvalue weighted by atomic mass is 9.94. The first-order valence-corrected chi connectivity index (χ1v) is 12.5. The first-order chi connectivity index (χ1) is 17.2. The number of carboxylic acids is 1. The molecule has 3 aromatic rings. The molecule has 0 saturated carbocycles. The van der Waals surface area contributed by atoms with Crippen molar-refractivity contribution >= 4 is 5.97 Å². The average Bonchev–Trinajstić information content (AvgIpc) is 3.12. The molecule has 0 amide bonds. The van der Waals surface area contributed by atoms with Crippen LogP contribution in [0.1, 0.15) is 61.0 Å². The summed E-state index contributed by atoms with van der Waals surface area (Å²) in [6.07, 6.45) is 1.02. The van der Waals surface area contributed by atoms with Gasteiger partial charge in [-0.05, 0) is 66.6 Å². The van der Waals surface area contributed by atoms with E-state index in [4.69, 9.17) is 9.84 Å². The van der Waals surface area contributed by atoms with Crippen molar-refractivity contribution < 1.29 is 14.6 Å². The third-order valence-electron chi connectivity index (χ3n) is 7.04. The van der Waals surface area contributed by atoms with Gasteiger partial charge in [0.05, 0.1) is 13.0 Å². The van der Waals surface area contributed by atoms with Crippen LogP contribution in [0.2, 0.25) is 0 Å². The molecule has 0 aromatic heterocycles.